The molecule has 15 rings (SSSR count). The van der Waals surface area contributed by atoms with Crippen molar-refractivity contribution in [1.29, 1.82) is 0 Å². The third-order valence-electron chi connectivity index (χ3n) is 28.4. The van der Waals surface area contributed by atoms with E-state index < -0.39 is 5.92 Å². The van der Waals surface area contributed by atoms with Gasteiger partial charge in [0.05, 0.1) is 65.3 Å². The van der Waals surface area contributed by atoms with Gasteiger partial charge in [0.25, 0.3) is 5.92 Å². The SMILES string of the molecule is CCN(c1c(C)c(C(=O)CCC2=C(C)C=C(C)CC2=O)cc2c1cnn2C)C1CCC(N2CC(F)(F)C2)CC1.CCN(c1c(C)c(C(=O)CCC2=C(C)C=C(C)CC2=O)cc2c1cnn2C)C1CCC(N2CCCCC2)CC1.CCc1c(C(=O)CCC2=C(C)C=C(C)CC2=O)cc2c(cnn2C)c1N(CC)C1CCC(N2CCN(C)CC2)CC1. The second-order valence-corrected chi connectivity index (χ2v) is 36.5. The van der Waals surface area contributed by atoms with E-state index in [9.17, 15) is 37.5 Å². The number of anilines is 3. The second kappa shape index (κ2) is 38.4. The van der Waals surface area contributed by atoms with E-state index in [1.54, 1.807) is 0 Å². The summed E-state index contributed by atoms with van der Waals surface area (Å²) in [5.74, 6) is -1.81. The lowest BCUT2D eigenvalue weighted by molar-refractivity contribution is -0.149. The molecule has 0 N–H and O–H groups in total. The van der Waals surface area contributed by atoms with E-state index in [0.717, 1.165) is 174 Å². The first-order chi connectivity index (χ1) is 57.0. The third kappa shape index (κ3) is 19.4. The van der Waals surface area contributed by atoms with Gasteiger partial charge in [-0.2, -0.15) is 15.3 Å². The maximum Gasteiger partial charge on any atom is 0.272 e. The zero-order valence-electron chi connectivity index (χ0n) is 74.6. The van der Waals surface area contributed by atoms with Gasteiger partial charge in [-0.25, -0.2) is 8.78 Å². The van der Waals surface area contributed by atoms with Crippen LogP contribution in [0.3, 0.4) is 0 Å². The van der Waals surface area contributed by atoms with Crippen LogP contribution in [0.4, 0.5) is 25.8 Å². The van der Waals surface area contributed by atoms with Crippen molar-refractivity contribution in [3.63, 3.8) is 0 Å². The first-order valence-corrected chi connectivity index (χ1v) is 45.2. The maximum atomic E-state index is 13.9. The van der Waals surface area contributed by atoms with Gasteiger partial charge in [-0.15, -0.1) is 0 Å². The Kier molecular flexibility index (Phi) is 28.5. The molecule has 21 heteroatoms. The number of ketones is 6. The summed E-state index contributed by atoms with van der Waals surface area (Å²) in [6, 6.07) is 8.90. The lowest BCUT2D eigenvalue weighted by Gasteiger charge is -2.47. The number of hydrogen-bond donors (Lipinski definition) is 0. The van der Waals surface area contributed by atoms with Crippen LogP contribution < -0.4 is 14.7 Å². The van der Waals surface area contributed by atoms with E-state index in [1.165, 1.54) is 121 Å². The van der Waals surface area contributed by atoms with Gasteiger partial charge in [0.2, 0.25) is 0 Å². The standard InChI is InChI=1S/C34H49N5O2.C33H46N4O2.C31H40F2N4O2/c1-7-27-29(32(40)14-13-28-24(4)19-23(3)20-33(28)41)21-31-30(22-35-37(31)6)34(27)39(8-2)26-11-9-25(10-12-26)38-17-15-36(5)16-18-38;1-6-37(26-12-10-25(11-13-26)36-16-8-7-9-17-36)33-24(4)28(20-30-29(33)21-34-35(30)5)31(38)15-14-27-23(3)18-22(2)19-32(27)39;1-6-37(23-9-7-22(8-10-23)36-17-31(32,33)18-36)30-21(4)25(15-27-26(30)16-34-35(27)5)28(38)12-11-24-20(3)13-19(2)14-29(24)39/h19,21-22,25-26H,7-18,20H2,1-6H3;18,20-21,25-26H,6-17,19H2,1-5H3;13,15-16,22-23H,6-12,14,17-18H2,1-5H3. The summed E-state index contributed by atoms with van der Waals surface area (Å²) in [5.41, 5.74) is 20.4. The number of likely N-dealkylation sites (N-methyl/N-ethyl adjacent to an activating group) is 1. The molecule has 0 radical (unpaired) electrons. The molecule has 0 bridgehead atoms. The summed E-state index contributed by atoms with van der Waals surface area (Å²) >= 11 is 0. The number of carbonyl (C=O) groups excluding carboxylic acids is 6. The lowest BCUT2D eigenvalue weighted by atomic mass is 9.86. The maximum absolute atomic E-state index is 13.9. The summed E-state index contributed by atoms with van der Waals surface area (Å²) in [6.07, 6.45) is 34.1. The highest BCUT2D eigenvalue weighted by molar-refractivity contribution is 6.10. The molecule has 3 aromatic carbocycles. The van der Waals surface area contributed by atoms with Crippen molar-refractivity contribution in [2.45, 2.75) is 286 Å². The minimum atomic E-state index is -2.53. The number of nitrogens with zero attached hydrogens (tertiary/aromatic N) is 13. The number of hydrogen-bond acceptors (Lipinski definition) is 16. The van der Waals surface area contributed by atoms with Gasteiger partial charge in [-0.1, -0.05) is 48.3 Å². The summed E-state index contributed by atoms with van der Waals surface area (Å²) in [6.45, 7) is 34.4. The highest BCUT2D eigenvalue weighted by atomic mass is 19.3. The summed E-state index contributed by atoms with van der Waals surface area (Å²) in [5, 5.41) is 17.0. The average molecular weight is 1630 g/mol. The van der Waals surface area contributed by atoms with Crippen molar-refractivity contribution < 1.29 is 37.5 Å². The predicted molar refractivity (Wildman–Crippen MR) is 478 cm³/mol. The van der Waals surface area contributed by atoms with Gasteiger partial charge in [-0.05, 0) is 280 Å². The van der Waals surface area contributed by atoms with E-state index in [-0.39, 0.29) is 66.3 Å². The number of rotatable bonds is 25. The monoisotopic (exact) mass is 1630 g/mol. The van der Waals surface area contributed by atoms with Crippen LogP contribution in [0.15, 0.2) is 105 Å². The second-order valence-electron chi connectivity index (χ2n) is 36.5. The fourth-order valence-electron chi connectivity index (χ4n) is 22.0. The Bertz CT molecular complexity index is 4990. The molecular formula is C98H135F2N13O6. The quantitative estimate of drug-likeness (QED) is 0.0494. The van der Waals surface area contributed by atoms with E-state index in [2.05, 4.69) is 105 Å². The Morgan fingerprint density at radius 2 is 0.739 bits per heavy atom. The topological polar surface area (TPSA) is 179 Å². The number of carbonyl (C=O) groups is 6. The number of Topliss-reactive ketones (excluding diaryl/α,β-unsaturated/α-hetero) is 6. The van der Waals surface area contributed by atoms with Gasteiger partial charge in [0.15, 0.2) is 34.7 Å². The number of benzene rings is 3. The molecule has 642 valence electrons. The Balaban J connectivity index is 0.000000155. The van der Waals surface area contributed by atoms with Crippen molar-refractivity contribution in [1.82, 2.24) is 48.9 Å². The molecule has 6 aromatic rings. The number of halogens is 2. The first kappa shape index (κ1) is 88.4. The number of aryl methyl sites for hydroxylation is 3. The number of fused-ring (bicyclic) bond motifs is 3. The van der Waals surface area contributed by atoms with Gasteiger partial charge < -0.3 is 24.5 Å². The Hall–Kier alpha value is -8.37. The van der Waals surface area contributed by atoms with Crippen molar-refractivity contribution in [3.8, 4) is 0 Å². The molecule has 0 spiro atoms. The van der Waals surface area contributed by atoms with Crippen LogP contribution in [0.5, 0.6) is 0 Å². The lowest BCUT2D eigenvalue weighted by Crippen LogP contribution is -2.61. The average Bonchev–Trinajstić information content (AvgIpc) is 1.70. The molecule has 19 nitrogen and oxygen atoms in total. The molecule has 6 aliphatic carbocycles. The normalized spacial score (nSPS) is 23.1. The molecule has 0 unspecified atom stereocenters. The minimum Gasteiger partial charge on any atom is -0.368 e. The molecule has 3 aliphatic heterocycles. The molecule has 3 saturated heterocycles. The molecular weight excluding hydrogens is 1490 g/mol. The smallest absolute Gasteiger partial charge is 0.272 e. The third-order valence-corrected chi connectivity index (χ3v) is 28.4. The van der Waals surface area contributed by atoms with Gasteiger partial charge in [0, 0.05) is 175 Å². The fourth-order valence-corrected chi connectivity index (χ4v) is 22.0. The van der Waals surface area contributed by atoms with Crippen molar-refractivity contribution in [2.24, 2.45) is 21.1 Å². The first-order valence-electron chi connectivity index (χ1n) is 45.2. The summed E-state index contributed by atoms with van der Waals surface area (Å²) in [4.78, 5) is 96.7. The van der Waals surface area contributed by atoms with Crippen LogP contribution >= 0.6 is 0 Å². The summed E-state index contributed by atoms with van der Waals surface area (Å²) in [7, 11) is 8.04. The van der Waals surface area contributed by atoms with E-state index in [1.807, 2.05) is 125 Å². The fraction of sp³-hybridized carbons (Fsp3) is 0.602. The molecule has 3 saturated carbocycles. The van der Waals surface area contributed by atoms with E-state index >= 15 is 0 Å². The van der Waals surface area contributed by atoms with Crippen LogP contribution in [0.1, 0.15) is 271 Å². The van der Waals surface area contributed by atoms with Crippen LogP contribution in [-0.4, -0.2) is 205 Å². The van der Waals surface area contributed by atoms with Gasteiger partial charge in [-0.3, -0.25) is 52.6 Å². The number of likely N-dealkylation sites (tertiary alicyclic amines) is 2. The zero-order chi connectivity index (χ0) is 85.0. The van der Waals surface area contributed by atoms with Crippen LogP contribution in [0, 0.1) is 13.8 Å². The van der Waals surface area contributed by atoms with Crippen molar-refractivity contribution in [3.05, 3.63) is 139 Å². The Morgan fingerprint density at radius 1 is 0.420 bits per heavy atom. The van der Waals surface area contributed by atoms with E-state index in [4.69, 9.17) is 0 Å². The van der Waals surface area contributed by atoms with Crippen LogP contribution in [0.2, 0.25) is 0 Å². The Labute approximate surface area is 706 Å². The summed E-state index contributed by atoms with van der Waals surface area (Å²) < 4.78 is 32.5. The number of aromatic nitrogens is 6. The van der Waals surface area contributed by atoms with Crippen molar-refractivity contribution in [2.75, 3.05) is 93.7 Å². The number of allylic oxidation sites excluding steroid dienone is 12. The highest BCUT2D eigenvalue weighted by Crippen LogP contribution is 2.45. The minimum absolute atomic E-state index is 0.0368. The highest BCUT2D eigenvalue weighted by Gasteiger charge is 2.48. The number of piperazine rings is 1. The van der Waals surface area contributed by atoms with Crippen LogP contribution in [-0.2, 0) is 41.9 Å². The molecule has 3 aromatic heterocycles. The number of piperidine rings is 1. The molecule has 119 heavy (non-hydrogen) atoms. The van der Waals surface area contributed by atoms with Gasteiger partial charge >= 0.3 is 0 Å². The molecule has 6 heterocycles. The Morgan fingerprint density at radius 3 is 1.08 bits per heavy atom. The molecule has 9 aliphatic rings. The number of alkyl halides is 2. The van der Waals surface area contributed by atoms with Crippen LogP contribution in [0.25, 0.3) is 32.7 Å². The van der Waals surface area contributed by atoms with E-state index in [0.29, 0.717) is 75.1 Å². The molecule has 0 atom stereocenters. The van der Waals surface area contributed by atoms with Gasteiger partial charge in [0.1, 0.15) is 0 Å². The predicted octanol–water partition coefficient (Wildman–Crippen LogP) is 18.6. The molecule has 0 amide bonds. The van der Waals surface area contributed by atoms with Crippen molar-refractivity contribution >= 4 is 84.5 Å². The zero-order valence-corrected chi connectivity index (χ0v) is 74.6. The molecule has 6 fully saturated rings. The largest absolute Gasteiger partial charge is 0.368 e.